The zero-order valence-electron chi connectivity index (χ0n) is 15.4. The molecule has 27 heavy (non-hydrogen) atoms. The van der Waals surface area contributed by atoms with Crippen molar-refractivity contribution >= 4 is 28.6 Å². The molecule has 2 amide bonds. The maximum absolute atomic E-state index is 11.9. The molecule has 1 atom stereocenters. The van der Waals surface area contributed by atoms with Crippen LogP contribution in [0.1, 0.15) is 20.3 Å². The third kappa shape index (κ3) is 6.29. The topological polar surface area (TPSA) is 105 Å². The molecular weight excluding hydrogens is 348 g/mol. The van der Waals surface area contributed by atoms with Gasteiger partial charge in [-0.15, -0.1) is 0 Å². The minimum Gasteiger partial charge on any atom is -0.483 e. The monoisotopic (exact) mass is 372 g/mol. The van der Waals surface area contributed by atoms with Crippen LogP contribution < -0.4 is 15.4 Å². The molecule has 0 radical (unpaired) electrons. The number of carbonyl (C=O) groups is 3. The van der Waals surface area contributed by atoms with Gasteiger partial charge in [-0.3, -0.25) is 9.59 Å². The Morgan fingerprint density at radius 3 is 2.44 bits per heavy atom. The summed E-state index contributed by atoms with van der Waals surface area (Å²) in [6.07, 6.45) is 0.319. The molecule has 0 aliphatic carbocycles. The molecule has 3 N–H and O–H groups in total. The summed E-state index contributed by atoms with van der Waals surface area (Å²) in [5.74, 6) is -1.41. The van der Waals surface area contributed by atoms with Crippen LogP contribution in [0.2, 0.25) is 0 Å². The summed E-state index contributed by atoms with van der Waals surface area (Å²) in [4.78, 5) is 34.9. The Labute approximate surface area is 157 Å². The van der Waals surface area contributed by atoms with E-state index in [9.17, 15) is 14.4 Å². The Morgan fingerprint density at radius 1 is 1.04 bits per heavy atom. The molecule has 0 saturated carbocycles. The van der Waals surface area contributed by atoms with Crippen LogP contribution in [0.5, 0.6) is 5.75 Å². The molecule has 7 heteroatoms. The van der Waals surface area contributed by atoms with Crippen LogP contribution in [0.4, 0.5) is 0 Å². The number of hydrogen-bond donors (Lipinski definition) is 3. The molecule has 2 rings (SSSR count). The van der Waals surface area contributed by atoms with E-state index in [0.717, 1.165) is 10.8 Å². The van der Waals surface area contributed by atoms with Crippen molar-refractivity contribution in [2.24, 2.45) is 5.92 Å². The lowest BCUT2D eigenvalue weighted by Gasteiger charge is -2.16. The van der Waals surface area contributed by atoms with Gasteiger partial charge in [0.15, 0.2) is 6.61 Å². The zero-order valence-corrected chi connectivity index (χ0v) is 15.4. The third-order valence-electron chi connectivity index (χ3n) is 3.89. The average molecular weight is 372 g/mol. The lowest BCUT2D eigenvalue weighted by Crippen LogP contribution is -2.46. The summed E-state index contributed by atoms with van der Waals surface area (Å²) >= 11 is 0. The van der Waals surface area contributed by atoms with Crippen molar-refractivity contribution in [2.45, 2.75) is 26.3 Å². The first-order chi connectivity index (χ1) is 12.9. The van der Waals surface area contributed by atoms with Crippen LogP contribution in [0.3, 0.4) is 0 Å². The highest BCUT2D eigenvalue weighted by molar-refractivity contribution is 5.90. The number of carbonyl (C=O) groups excluding carboxylic acids is 2. The summed E-state index contributed by atoms with van der Waals surface area (Å²) in [6, 6.07) is 12.2. The molecule has 0 aromatic heterocycles. The molecule has 0 heterocycles. The Balaban J connectivity index is 1.82. The van der Waals surface area contributed by atoms with Crippen LogP contribution >= 0.6 is 0 Å². The Hall–Kier alpha value is -3.09. The van der Waals surface area contributed by atoms with Gasteiger partial charge in [-0.05, 0) is 23.8 Å². The van der Waals surface area contributed by atoms with Crippen LogP contribution in [0.15, 0.2) is 42.5 Å². The Kier molecular flexibility index (Phi) is 7.16. The molecular formula is C20H24N2O5. The van der Waals surface area contributed by atoms with Gasteiger partial charge in [0.25, 0.3) is 5.91 Å². The number of benzene rings is 2. The van der Waals surface area contributed by atoms with E-state index in [-0.39, 0.29) is 19.1 Å². The molecule has 144 valence electrons. The predicted octanol–water partition coefficient (Wildman–Crippen LogP) is 1.95. The van der Waals surface area contributed by atoms with E-state index < -0.39 is 23.8 Å². The number of amides is 2. The molecule has 2 aromatic carbocycles. The highest BCUT2D eigenvalue weighted by Crippen LogP contribution is 2.24. The molecule has 0 bridgehead atoms. The van der Waals surface area contributed by atoms with E-state index in [0.29, 0.717) is 12.2 Å². The van der Waals surface area contributed by atoms with Crippen molar-refractivity contribution in [1.29, 1.82) is 0 Å². The van der Waals surface area contributed by atoms with Gasteiger partial charge in [0, 0.05) is 5.39 Å². The molecule has 0 fully saturated rings. The normalized spacial score (nSPS) is 11.8. The van der Waals surface area contributed by atoms with Crippen molar-refractivity contribution in [2.75, 3.05) is 13.2 Å². The second-order valence-electron chi connectivity index (χ2n) is 6.63. The van der Waals surface area contributed by atoms with Crippen molar-refractivity contribution in [3.8, 4) is 5.75 Å². The largest absolute Gasteiger partial charge is 0.483 e. The summed E-state index contributed by atoms with van der Waals surface area (Å²) < 4.78 is 5.55. The van der Waals surface area contributed by atoms with Crippen LogP contribution in [-0.4, -0.2) is 42.1 Å². The molecule has 0 unspecified atom stereocenters. The fraction of sp³-hybridized carbons (Fsp3) is 0.350. The smallest absolute Gasteiger partial charge is 0.326 e. The first kappa shape index (κ1) is 20.2. The molecule has 0 aliphatic heterocycles. The molecule has 0 spiro atoms. The van der Waals surface area contributed by atoms with Gasteiger partial charge in [0.1, 0.15) is 11.8 Å². The Bertz CT molecular complexity index is 814. The molecule has 7 nitrogen and oxygen atoms in total. The SMILES string of the molecule is CC(C)C[C@H](NC(=O)CNC(=O)COc1cccc2ccccc12)C(=O)O. The standard InChI is InChI=1S/C20H24N2O5/c1-13(2)10-16(20(25)26)22-18(23)11-21-19(24)12-27-17-9-5-7-14-6-3-4-8-15(14)17/h3-9,13,16H,10-12H2,1-2H3,(H,21,24)(H,22,23)(H,25,26)/t16-/m0/s1. The van der Waals surface area contributed by atoms with E-state index in [1.54, 1.807) is 6.07 Å². The van der Waals surface area contributed by atoms with Crippen molar-refractivity contribution < 1.29 is 24.2 Å². The number of ether oxygens (including phenoxy) is 1. The first-order valence-corrected chi connectivity index (χ1v) is 8.76. The third-order valence-corrected chi connectivity index (χ3v) is 3.89. The number of fused-ring (bicyclic) bond motifs is 1. The van der Waals surface area contributed by atoms with Crippen molar-refractivity contribution in [1.82, 2.24) is 10.6 Å². The summed E-state index contributed by atoms with van der Waals surface area (Å²) in [7, 11) is 0. The lowest BCUT2D eigenvalue weighted by molar-refractivity contribution is -0.142. The number of nitrogens with one attached hydrogen (secondary N) is 2. The molecule has 0 aliphatic rings. The number of carboxylic acid groups (broad SMARTS) is 1. The van der Waals surface area contributed by atoms with Gasteiger partial charge in [-0.25, -0.2) is 4.79 Å². The van der Waals surface area contributed by atoms with Gasteiger partial charge in [0.05, 0.1) is 6.54 Å². The van der Waals surface area contributed by atoms with Crippen molar-refractivity contribution in [3.05, 3.63) is 42.5 Å². The van der Waals surface area contributed by atoms with Crippen LogP contribution in [-0.2, 0) is 14.4 Å². The second kappa shape index (κ2) is 9.56. The number of aliphatic carboxylic acids is 1. The zero-order chi connectivity index (χ0) is 19.8. The van der Waals surface area contributed by atoms with E-state index >= 15 is 0 Å². The predicted molar refractivity (Wildman–Crippen MR) is 101 cm³/mol. The molecule has 0 saturated heterocycles. The maximum atomic E-state index is 11.9. The van der Waals surface area contributed by atoms with E-state index in [1.807, 2.05) is 50.2 Å². The van der Waals surface area contributed by atoms with E-state index in [4.69, 9.17) is 9.84 Å². The molecule has 2 aromatic rings. The fourth-order valence-electron chi connectivity index (χ4n) is 2.63. The second-order valence-corrected chi connectivity index (χ2v) is 6.63. The highest BCUT2D eigenvalue weighted by atomic mass is 16.5. The highest BCUT2D eigenvalue weighted by Gasteiger charge is 2.21. The number of hydrogen-bond acceptors (Lipinski definition) is 4. The first-order valence-electron chi connectivity index (χ1n) is 8.76. The van der Waals surface area contributed by atoms with Gasteiger partial charge in [-0.2, -0.15) is 0 Å². The summed E-state index contributed by atoms with van der Waals surface area (Å²) in [5, 5.41) is 15.9. The van der Waals surface area contributed by atoms with E-state index in [1.165, 1.54) is 0 Å². The minimum atomic E-state index is -1.09. The minimum absolute atomic E-state index is 0.120. The van der Waals surface area contributed by atoms with Crippen LogP contribution in [0.25, 0.3) is 10.8 Å². The quantitative estimate of drug-likeness (QED) is 0.624. The summed E-state index contributed by atoms with van der Waals surface area (Å²) in [5.41, 5.74) is 0. The van der Waals surface area contributed by atoms with Gasteiger partial charge < -0.3 is 20.5 Å². The van der Waals surface area contributed by atoms with Gasteiger partial charge in [-0.1, -0.05) is 50.2 Å². The maximum Gasteiger partial charge on any atom is 0.326 e. The van der Waals surface area contributed by atoms with Crippen molar-refractivity contribution in [3.63, 3.8) is 0 Å². The average Bonchev–Trinajstić information content (AvgIpc) is 2.63. The van der Waals surface area contributed by atoms with E-state index in [2.05, 4.69) is 10.6 Å². The van der Waals surface area contributed by atoms with Crippen LogP contribution in [0, 0.1) is 5.92 Å². The fourth-order valence-corrected chi connectivity index (χ4v) is 2.63. The summed E-state index contributed by atoms with van der Waals surface area (Å²) in [6.45, 7) is 3.19. The van der Waals surface area contributed by atoms with Gasteiger partial charge >= 0.3 is 5.97 Å². The number of carboxylic acids is 1. The Morgan fingerprint density at radius 2 is 1.74 bits per heavy atom. The van der Waals surface area contributed by atoms with Gasteiger partial charge in [0.2, 0.25) is 5.91 Å². The number of rotatable bonds is 9. The lowest BCUT2D eigenvalue weighted by atomic mass is 10.0.